The third kappa shape index (κ3) is 1.21. The third-order valence-corrected chi connectivity index (χ3v) is 5.03. The lowest BCUT2D eigenvalue weighted by atomic mass is 9.70. The first-order valence-electron chi connectivity index (χ1n) is 6.35. The van der Waals surface area contributed by atoms with Crippen LogP contribution in [-0.4, -0.2) is 11.6 Å². The second-order valence-corrected chi connectivity index (χ2v) is 6.46. The van der Waals surface area contributed by atoms with Crippen LogP contribution in [0.15, 0.2) is 23.8 Å². The summed E-state index contributed by atoms with van der Waals surface area (Å²) in [5, 5.41) is 0. The number of rotatable bonds is 0. The standard InChI is InChI=1S/C15H18O2/c1-9-11-7-14(2,3)13-6-10(16)4-5-15(11,13)8-12(9)17/h4-6,9,11H,7-8H2,1-3H3/t9-,11-,15?/m0/s1. The van der Waals surface area contributed by atoms with Crippen molar-refractivity contribution in [3.05, 3.63) is 23.8 Å². The molecule has 0 aliphatic heterocycles. The van der Waals surface area contributed by atoms with Crippen LogP contribution in [0.1, 0.15) is 33.6 Å². The Kier molecular flexibility index (Phi) is 1.92. The van der Waals surface area contributed by atoms with Gasteiger partial charge < -0.3 is 0 Å². The Morgan fingerprint density at radius 2 is 2.00 bits per heavy atom. The number of hydrogen-bond acceptors (Lipinski definition) is 2. The number of hydrogen-bond donors (Lipinski definition) is 0. The van der Waals surface area contributed by atoms with Crippen molar-refractivity contribution in [2.75, 3.05) is 0 Å². The summed E-state index contributed by atoms with van der Waals surface area (Å²) in [7, 11) is 0. The van der Waals surface area contributed by atoms with Gasteiger partial charge in [-0.3, -0.25) is 9.59 Å². The molecular formula is C15H18O2. The minimum absolute atomic E-state index is 0.0556. The Hall–Kier alpha value is -1.18. The van der Waals surface area contributed by atoms with E-state index in [2.05, 4.69) is 13.8 Å². The Balaban J connectivity index is 2.18. The second kappa shape index (κ2) is 2.98. The van der Waals surface area contributed by atoms with Crippen LogP contribution in [0, 0.1) is 22.7 Å². The van der Waals surface area contributed by atoms with Crippen molar-refractivity contribution in [3.8, 4) is 0 Å². The van der Waals surface area contributed by atoms with E-state index < -0.39 is 0 Å². The maximum absolute atomic E-state index is 12.0. The molecule has 0 aromatic carbocycles. The van der Waals surface area contributed by atoms with Crippen molar-refractivity contribution >= 4 is 11.6 Å². The minimum atomic E-state index is -0.131. The fourth-order valence-electron chi connectivity index (χ4n) is 4.22. The minimum Gasteiger partial charge on any atom is -0.299 e. The van der Waals surface area contributed by atoms with Gasteiger partial charge in [-0.2, -0.15) is 0 Å². The Labute approximate surface area is 102 Å². The van der Waals surface area contributed by atoms with Crippen LogP contribution in [0.2, 0.25) is 0 Å². The van der Waals surface area contributed by atoms with Crippen molar-refractivity contribution < 1.29 is 9.59 Å². The van der Waals surface area contributed by atoms with Crippen molar-refractivity contribution in [2.45, 2.75) is 33.6 Å². The fraction of sp³-hybridized carbons (Fsp3) is 0.600. The van der Waals surface area contributed by atoms with Crippen molar-refractivity contribution in [1.82, 2.24) is 0 Å². The highest BCUT2D eigenvalue weighted by Crippen LogP contribution is 2.66. The van der Waals surface area contributed by atoms with Gasteiger partial charge in [-0.15, -0.1) is 0 Å². The zero-order chi connectivity index (χ0) is 12.4. The third-order valence-electron chi connectivity index (χ3n) is 5.03. The van der Waals surface area contributed by atoms with E-state index >= 15 is 0 Å². The van der Waals surface area contributed by atoms with Crippen LogP contribution in [-0.2, 0) is 9.59 Å². The number of ketones is 2. The van der Waals surface area contributed by atoms with Gasteiger partial charge in [-0.1, -0.05) is 26.8 Å². The van der Waals surface area contributed by atoms with E-state index in [9.17, 15) is 9.59 Å². The molecule has 2 fully saturated rings. The maximum atomic E-state index is 12.0. The summed E-state index contributed by atoms with van der Waals surface area (Å²) in [4.78, 5) is 23.6. The summed E-state index contributed by atoms with van der Waals surface area (Å²) >= 11 is 0. The molecule has 2 heteroatoms. The average molecular weight is 230 g/mol. The lowest BCUT2D eigenvalue weighted by Gasteiger charge is -2.32. The predicted octanol–water partition coefficient (Wildman–Crippen LogP) is 2.69. The molecule has 2 nitrogen and oxygen atoms in total. The molecule has 0 aromatic heterocycles. The average Bonchev–Trinajstić information content (AvgIpc) is 2.60. The zero-order valence-electron chi connectivity index (χ0n) is 10.6. The van der Waals surface area contributed by atoms with E-state index in [1.54, 1.807) is 12.2 Å². The van der Waals surface area contributed by atoms with Crippen LogP contribution >= 0.6 is 0 Å². The van der Waals surface area contributed by atoms with Crippen molar-refractivity contribution in [2.24, 2.45) is 22.7 Å². The van der Waals surface area contributed by atoms with E-state index in [1.165, 1.54) is 5.57 Å². The van der Waals surface area contributed by atoms with Gasteiger partial charge in [0.25, 0.3) is 0 Å². The molecular weight excluding hydrogens is 212 g/mol. The first kappa shape index (κ1) is 10.9. The Morgan fingerprint density at radius 1 is 1.29 bits per heavy atom. The normalized spacial score (nSPS) is 42.4. The Morgan fingerprint density at radius 3 is 2.71 bits per heavy atom. The quantitative estimate of drug-likeness (QED) is 0.641. The lowest BCUT2D eigenvalue weighted by Crippen LogP contribution is -2.26. The SMILES string of the molecule is C[C@@H]1C(=O)CC23C=CC(=O)C=C2C(C)(C)C[C@@H]13. The molecule has 0 aromatic rings. The number of carbonyl (C=O) groups is 2. The highest BCUT2D eigenvalue weighted by atomic mass is 16.1. The molecule has 0 saturated heterocycles. The first-order valence-corrected chi connectivity index (χ1v) is 6.35. The van der Waals surface area contributed by atoms with Gasteiger partial charge in [0.2, 0.25) is 0 Å². The van der Waals surface area contributed by atoms with Gasteiger partial charge in [0, 0.05) is 17.8 Å². The van der Waals surface area contributed by atoms with E-state index in [1.807, 2.05) is 13.0 Å². The number of carbonyl (C=O) groups excluding carboxylic acids is 2. The molecule has 1 spiro atoms. The molecule has 1 unspecified atom stereocenters. The monoisotopic (exact) mass is 230 g/mol. The predicted molar refractivity (Wildman–Crippen MR) is 65.3 cm³/mol. The van der Waals surface area contributed by atoms with E-state index in [-0.39, 0.29) is 22.5 Å². The van der Waals surface area contributed by atoms with Gasteiger partial charge in [0.05, 0.1) is 0 Å². The fourth-order valence-corrected chi connectivity index (χ4v) is 4.22. The van der Waals surface area contributed by atoms with Crippen molar-refractivity contribution in [3.63, 3.8) is 0 Å². The summed E-state index contributed by atoms with van der Waals surface area (Å²) < 4.78 is 0. The number of allylic oxidation sites excluding steroid dienone is 4. The van der Waals surface area contributed by atoms with Crippen LogP contribution < -0.4 is 0 Å². The Bertz CT molecular complexity index is 481. The van der Waals surface area contributed by atoms with E-state index in [0.29, 0.717) is 18.1 Å². The maximum Gasteiger partial charge on any atom is 0.178 e. The molecule has 0 N–H and O–H groups in total. The topological polar surface area (TPSA) is 34.1 Å². The summed E-state index contributed by atoms with van der Waals surface area (Å²) in [6.45, 7) is 6.44. The molecule has 0 heterocycles. The zero-order valence-corrected chi connectivity index (χ0v) is 10.6. The van der Waals surface area contributed by atoms with Crippen LogP contribution in [0.5, 0.6) is 0 Å². The smallest absolute Gasteiger partial charge is 0.178 e. The largest absolute Gasteiger partial charge is 0.299 e. The molecule has 2 saturated carbocycles. The van der Waals surface area contributed by atoms with E-state index in [0.717, 1.165) is 6.42 Å². The molecule has 3 aliphatic rings. The first-order chi connectivity index (χ1) is 7.87. The van der Waals surface area contributed by atoms with Gasteiger partial charge in [-0.05, 0) is 35.5 Å². The van der Waals surface area contributed by atoms with Gasteiger partial charge >= 0.3 is 0 Å². The molecule has 3 rings (SSSR count). The summed E-state index contributed by atoms with van der Waals surface area (Å²) in [6.07, 6.45) is 7.07. The molecule has 0 amide bonds. The lowest BCUT2D eigenvalue weighted by molar-refractivity contribution is -0.121. The molecule has 3 atom stereocenters. The molecule has 3 aliphatic carbocycles. The second-order valence-electron chi connectivity index (χ2n) is 6.46. The van der Waals surface area contributed by atoms with Gasteiger partial charge in [0.1, 0.15) is 5.78 Å². The van der Waals surface area contributed by atoms with Crippen molar-refractivity contribution in [1.29, 1.82) is 0 Å². The van der Waals surface area contributed by atoms with E-state index in [4.69, 9.17) is 0 Å². The molecule has 0 radical (unpaired) electrons. The van der Waals surface area contributed by atoms with Crippen LogP contribution in [0.25, 0.3) is 0 Å². The summed E-state index contributed by atoms with van der Waals surface area (Å²) in [5.74, 6) is 0.959. The van der Waals surface area contributed by atoms with Gasteiger partial charge in [0.15, 0.2) is 5.78 Å². The molecule has 0 bridgehead atoms. The highest BCUT2D eigenvalue weighted by molar-refractivity contribution is 6.02. The molecule has 17 heavy (non-hydrogen) atoms. The summed E-state index contributed by atoms with van der Waals surface area (Å²) in [5.41, 5.74) is 1.12. The van der Waals surface area contributed by atoms with Crippen LogP contribution in [0.4, 0.5) is 0 Å². The number of Topliss-reactive ketones (excluding diaryl/α,β-unsaturated/α-hetero) is 1. The van der Waals surface area contributed by atoms with Crippen LogP contribution in [0.3, 0.4) is 0 Å². The summed E-state index contributed by atoms with van der Waals surface area (Å²) in [6, 6.07) is 0. The molecule has 90 valence electrons. The highest BCUT2D eigenvalue weighted by Gasteiger charge is 2.61. The van der Waals surface area contributed by atoms with Gasteiger partial charge in [-0.25, -0.2) is 0 Å².